The maximum absolute atomic E-state index is 11.4. The molecule has 0 aromatic carbocycles. The van der Waals surface area contributed by atoms with Crippen LogP contribution in [0.5, 0.6) is 5.88 Å². The highest BCUT2D eigenvalue weighted by Crippen LogP contribution is 2.41. The quantitative estimate of drug-likeness (QED) is 0.852. The molecule has 6 nitrogen and oxygen atoms in total. The number of aryl methyl sites for hydroxylation is 1. The van der Waals surface area contributed by atoms with Crippen LogP contribution in [0.2, 0.25) is 0 Å². The van der Waals surface area contributed by atoms with E-state index in [9.17, 15) is 4.79 Å². The highest BCUT2D eigenvalue weighted by Gasteiger charge is 2.29. The summed E-state index contributed by atoms with van der Waals surface area (Å²) in [7, 11) is 4.31. The molecule has 4 rings (SSSR count). The normalized spacial score (nSPS) is 25.5. The van der Waals surface area contributed by atoms with Crippen molar-refractivity contribution in [2.24, 2.45) is 11.7 Å². The fourth-order valence-corrected chi connectivity index (χ4v) is 5.71. The lowest BCUT2D eigenvalue weighted by Gasteiger charge is -2.32. The molecule has 2 heterocycles. The average Bonchev–Trinajstić information content (AvgIpc) is 3.00. The van der Waals surface area contributed by atoms with Gasteiger partial charge in [-0.05, 0) is 70.5 Å². The van der Waals surface area contributed by atoms with E-state index in [-0.39, 0.29) is 12.0 Å². The predicted octanol–water partition coefficient (Wildman–Crippen LogP) is 2.92. The van der Waals surface area contributed by atoms with E-state index in [4.69, 9.17) is 10.5 Å². The Labute approximate surface area is 164 Å². The van der Waals surface area contributed by atoms with Crippen molar-refractivity contribution in [3.05, 3.63) is 16.8 Å². The van der Waals surface area contributed by atoms with E-state index in [0.717, 1.165) is 61.0 Å². The fraction of sp³-hybridized carbons (Fsp3) is 0.650. The van der Waals surface area contributed by atoms with Crippen LogP contribution in [0, 0.1) is 5.92 Å². The first-order chi connectivity index (χ1) is 13.0. The molecule has 0 radical (unpaired) electrons. The first kappa shape index (κ1) is 18.6. The smallest absolute Gasteiger partial charge is 0.225 e. The molecular formula is C20H28N4O2S. The van der Waals surface area contributed by atoms with Gasteiger partial charge in [-0.25, -0.2) is 9.97 Å². The number of rotatable bonds is 5. The van der Waals surface area contributed by atoms with Crippen LogP contribution in [0.25, 0.3) is 10.2 Å². The number of carbonyl (C=O) groups excluding carboxylic acids is 1. The minimum Gasteiger partial charge on any atom is -0.474 e. The summed E-state index contributed by atoms with van der Waals surface area (Å²) < 4.78 is 6.38. The van der Waals surface area contributed by atoms with Gasteiger partial charge < -0.3 is 15.4 Å². The third-order valence-corrected chi connectivity index (χ3v) is 7.25. The van der Waals surface area contributed by atoms with Crippen molar-refractivity contribution < 1.29 is 9.53 Å². The Balaban J connectivity index is 1.56. The van der Waals surface area contributed by atoms with E-state index in [2.05, 4.69) is 29.0 Å². The van der Waals surface area contributed by atoms with Gasteiger partial charge in [-0.2, -0.15) is 0 Å². The Morgan fingerprint density at radius 3 is 2.74 bits per heavy atom. The van der Waals surface area contributed by atoms with Crippen LogP contribution >= 0.6 is 11.3 Å². The Bertz CT molecular complexity index is 827. The summed E-state index contributed by atoms with van der Waals surface area (Å²) in [5.41, 5.74) is 6.71. The number of fused-ring (bicyclic) bond motifs is 3. The van der Waals surface area contributed by atoms with Gasteiger partial charge in [0, 0.05) is 17.3 Å². The van der Waals surface area contributed by atoms with E-state index in [0.29, 0.717) is 18.4 Å². The van der Waals surface area contributed by atoms with Gasteiger partial charge in [0.25, 0.3) is 0 Å². The minimum absolute atomic E-state index is 0.214. The first-order valence-corrected chi connectivity index (χ1v) is 10.7. The van der Waals surface area contributed by atoms with Gasteiger partial charge in [0.2, 0.25) is 11.8 Å². The number of carbonyl (C=O) groups is 1. The molecule has 2 aromatic rings. The zero-order valence-corrected chi connectivity index (χ0v) is 16.9. The fourth-order valence-electron chi connectivity index (χ4n) is 4.54. The molecular weight excluding hydrogens is 360 g/mol. The SMILES string of the molecule is CN(C)[C@H]1CC[C@H](Oc2ncnc3sc4c(c23)C[C@@H](CC(N)=O)CC4)CC1. The predicted molar refractivity (Wildman–Crippen MR) is 107 cm³/mol. The Kier molecular flexibility index (Phi) is 5.32. The molecule has 0 spiro atoms. The van der Waals surface area contributed by atoms with Crippen LogP contribution in [0.15, 0.2) is 6.33 Å². The van der Waals surface area contributed by atoms with Crippen LogP contribution in [0.4, 0.5) is 0 Å². The molecule has 27 heavy (non-hydrogen) atoms. The van der Waals surface area contributed by atoms with Gasteiger partial charge in [-0.3, -0.25) is 4.79 Å². The molecule has 2 aromatic heterocycles. The minimum atomic E-state index is -0.214. The van der Waals surface area contributed by atoms with Gasteiger partial charge in [-0.1, -0.05) is 0 Å². The molecule has 0 unspecified atom stereocenters. The zero-order valence-electron chi connectivity index (χ0n) is 16.1. The topological polar surface area (TPSA) is 81.3 Å². The maximum atomic E-state index is 11.4. The first-order valence-electron chi connectivity index (χ1n) is 9.88. The lowest BCUT2D eigenvalue weighted by Crippen LogP contribution is -2.35. The third-order valence-electron chi connectivity index (χ3n) is 6.05. The van der Waals surface area contributed by atoms with Gasteiger partial charge in [-0.15, -0.1) is 11.3 Å². The van der Waals surface area contributed by atoms with Crippen molar-refractivity contribution >= 4 is 27.5 Å². The summed E-state index contributed by atoms with van der Waals surface area (Å²) in [4.78, 5) is 25.0. The van der Waals surface area contributed by atoms with Crippen molar-refractivity contribution in [1.82, 2.24) is 14.9 Å². The van der Waals surface area contributed by atoms with E-state index < -0.39 is 0 Å². The number of hydrogen-bond donors (Lipinski definition) is 1. The lowest BCUT2D eigenvalue weighted by molar-refractivity contribution is -0.119. The second-order valence-corrected chi connectivity index (χ2v) is 9.24. The van der Waals surface area contributed by atoms with Gasteiger partial charge >= 0.3 is 0 Å². The van der Waals surface area contributed by atoms with Gasteiger partial charge in [0.1, 0.15) is 17.3 Å². The van der Waals surface area contributed by atoms with E-state index in [1.807, 2.05) is 0 Å². The second kappa shape index (κ2) is 7.72. The average molecular weight is 389 g/mol. The summed E-state index contributed by atoms with van der Waals surface area (Å²) in [5.74, 6) is 0.829. The van der Waals surface area contributed by atoms with Crippen molar-refractivity contribution in [1.29, 1.82) is 0 Å². The van der Waals surface area contributed by atoms with Crippen molar-refractivity contribution in [3.8, 4) is 5.88 Å². The molecule has 0 saturated heterocycles. The number of thiophene rings is 1. The van der Waals surface area contributed by atoms with E-state index >= 15 is 0 Å². The number of ether oxygens (including phenoxy) is 1. The van der Waals surface area contributed by atoms with Gasteiger partial charge in [0.05, 0.1) is 5.39 Å². The lowest BCUT2D eigenvalue weighted by atomic mass is 9.85. The van der Waals surface area contributed by atoms with E-state index in [1.165, 1.54) is 10.4 Å². The number of primary amides is 1. The molecule has 1 amide bonds. The molecule has 2 aliphatic rings. The van der Waals surface area contributed by atoms with Gasteiger partial charge in [0.15, 0.2) is 0 Å². The Morgan fingerprint density at radius 2 is 2.04 bits per heavy atom. The summed E-state index contributed by atoms with van der Waals surface area (Å²) >= 11 is 1.75. The van der Waals surface area contributed by atoms with Crippen molar-refractivity contribution in [2.45, 2.75) is 63.5 Å². The highest BCUT2D eigenvalue weighted by atomic mass is 32.1. The zero-order chi connectivity index (χ0) is 19.0. The monoisotopic (exact) mass is 388 g/mol. The molecule has 1 atom stereocenters. The molecule has 0 bridgehead atoms. The number of nitrogens with two attached hydrogens (primary N) is 1. The molecule has 2 N–H and O–H groups in total. The van der Waals surface area contributed by atoms with Crippen LogP contribution in [0.1, 0.15) is 49.0 Å². The number of nitrogens with zero attached hydrogens (tertiary/aromatic N) is 3. The Hall–Kier alpha value is -1.73. The van der Waals surface area contributed by atoms with E-state index in [1.54, 1.807) is 17.7 Å². The molecule has 1 saturated carbocycles. The number of hydrogen-bond acceptors (Lipinski definition) is 6. The summed E-state index contributed by atoms with van der Waals surface area (Å²) in [6.45, 7) is 0. The van der Waals surface area contributed by atoms with Crippen LogP contribution in [-0.4, -0.2) is 47.0 Å². The maximum Gasteiger partial charge on any atom is 0.225 e. The van der Waals surface area contributed by atoms with Crippen LogP contribution in [-0.2, 0) is 17.6 Å². The highest BCUT2D eigenvalue weighted by molar-refractivity contribution is 7.18. The molecule has 7 heteroatoms. The van der Waals surface area contributed by atoms with Crippen LogP contribution < -0.4 is 10.5 Å². The summed E-state index contributed by atoms with van der Waals surface area (Å²) in [6.07, 6.45) is 9.61. The summed E-state index contributed by atoms with van der Waals surface area (Å²) in [5, 5.41) is 1.07. The molecule has 0 aliphatic heterocycles. The third kappa shape index (κ3) is 3.94. The molecule has 146 valence electrons. The molecule has 1 fully saturated rings. The number of amides is 1. The largest absolute Gasteiger partial charge is 0.474 e. The summed E-state index contributed by atoms with van der Waals surface area (Å²) in [6, 6.07) is 0.652. The Morgan fingerprint density at radius 1 is 1.26 bits per heavy atom. The molecule has 2 aliphatic carbocycles. The second-order valence-electron chi connectivity index (χ2n) is 8.15. The van der Waals surface area contributed by atoms with Crippen molar-refractivity contribution in [3.63, 3.8) is 0 Å². The number of aromatic nitrogens is 2. The van der Waals surface area contributed by atoms with Crippen LogP contribution in [0.3, 0.4) is 0 Å². The standard InChI is InChI=1S/C20H28N4O2S/c1-24(2)13-4-6-14(7-5-13)26-19-18-15-9-12(10-17(21)25)3-8-16(15)27-20(18)23-11-22-19/h11-14H,3-10H2,1-2H3,(H2,21,25)/t12-,13-,14-/m0/s1. The van der Waals surface area contributed by atoms with Crippen molar-refractivity contribution in [2.75, 3.05) is 14.1 Å².